The van der Waals surface area contributed by atoms with Crippen molar-refractivity contribution in [2.45, 2.75) is 25.4 Å². The maximum absolute atomic E-state index is 10.0. The Morgan fingerprint density at radius 1 is 1.24 bits per heavy atom. The summed E-state index contributed by atoms with van der Waals surface area (Å²) in [5, 5.41) is 27.1. The Bertz CT molecular complexity index is 835. The van der Waals surface area contributed by atoms with Crippen molar-refractivity contribution in [2.75, 3.05) is 5.73 Å². The van der Waals surface area contributed by atoms with Gasteiger partial charge in [0.1, 0.15) is 0 Å². The van der Waals surface area contributed by atoms with Crippen molar-refractivity contribution < 1.29 is 24.9 Å². The van der Waals surface area contributed by atoms with Gasteiger partial charge in [-0.2, -0.15) is 0 Å². The highest BCUT2D eigenvalue weighted by atomic mass is 35.5. The number of nitrogen functional groups attached to an aromatic ring is 1. The van der Waals surface area contributed by atoms with Crippen molar-refractivity contribution >= 4 is 40.1 Å². The molecular weight excluding hydrogens is 348 g/mol. The second kappa shape index (κ2) is 7.96. The highest BCUT2D eigenvalue weighted by molar-refractivity contribution is 6.31. The van der Waals surface area contributed by atoms with Gasteiger partial charge in [-0.3, -0.25) is 4.98 Å². The molecule has 1 heterocycles. The van der Waals surface area contributed by atoms with Gasteiger partial charge in [0.15, 0.2) is 0 Å². The first-order valence-corrected chi connectivity index (χ1v) is 7.87. The Labute approximate surface area is 148 Å². The predicted molar refractivity (Wildman–Crippen MR) is 93.5 cm³/mol. The second-order valence-electron chi connectivity index (χ2n) is 5.47. The molecule has 1 unspecified atom stereocenters. The van der Waals surface area contributed by atoms with E-state index in [4.69, 9.17) is 27.5 Å². The number of anilines is 1. The van der Waals surface area contributed by atoms with E-state index in [9.17, 15) is 14.7 Å². The van der Waals surface area contributed by atoms with E-state index in [1.54, 1.807) is 6.07 Å². The fourth-order valence-corrected chi connectivity index (χ4v) is 2.81. The number of pyridine rings is 1. The highest BCUT2D eigenvalue weighted by Gasteiger charge is 2.23. The molecule has 7 nitrogen and oxygen atoms in total. The average molecular weight is 365 g/mol. The van der Waals surface area contributed by atoms with Crippen LogP contribution in [-0.2, 0) is 16.0 Å². The smallest absolute Gasteiger partial charge is 0.328 e. The van der Waals surface area contributed by atoms with Crippen molar-refractivity contribution in [2.24, 2.45) is 0 Å². The molecule has 1 aliphatic rings. The van der Waals surface area contributed by atoms with Gasteiger partial charge >= 0.3 is 11.9 Å². The summed E-state index contributed by atoms with van der Waals surface area (Å²) in [6.45, 7) is 0. The van der Waals surface area contributed by atoms with Crippen LogP contribution in [0.1, 0.15) is 30.2 Å². The maximum Gasteiger partial charge on any atom is 0.328 e. The van der Waals surface area contributed by atoms with Gasteiger partial charge in [0.05, 0.1) is 11.6 Å². The summed E-state index contributed by atoms with van der Waals surface area (Å²) < 4.78 is 0. The maximum atomic E-state index is 10.0. The van der Waals surface area contributed by atoms with Crippen molar-refractivity contribution in [3.63, 3.8) is 0 Å². The Kier molecular flexibility index (Phi) is 5.95. The third-order valence-corrected chi connectivity index (χ3v) is 3.93. The molecule has 25 heavy (non-hydrogen) atoms. The van der Waals surface area contributed by atoms with Gasteiger partial charge < -0.3 is 21.1 Å². The summed E-state index contributed by atoms with van der Waals surface area (Å²) in [6.07, 6.45) is 3.22. The van der Waals surface area contributed by atoms with Crippen LogP contribution in [0.4, 0.5) is 5.69 Å². The summed E-state index contributed by atoms with van der Waals surface area (Å²) in [4.78, 5) is 23.7. The number of carboxylic acids is 2. The fourth-order valence-electron chi connectivity index (χ4n) is 2.64. The first-order chi connectivity index (χ1) is 11.8. The van der Waals surface area contributed by atoms with Crippen LogP contribution in [0, 0.1) is 0 Å². The number of aliphatic hydroxyl groups excluding tert-OH is 1. The van der Waals surface area contributed by atoms with Crippen LogP contribution in [0.3, 0.4) is 0 Å². The van der Waals surface area contributed by atoms with Crippen molar-refractivity contribution in [3.05, 3.63) is 46.6 Å². The SMILES string of the molecule is Nc1c2c(nc3ccc(Cl)cc13)CCCC2O.O=C(O)C=CC(=O)O. The quantitative estimate of drug-likeness (QED) is 0.601. The van der Waals surface area contributed by atoms with Gasteiger partial charge in [0, 0.05) is 39.5 Å². The number of fused-ring (bicyclic) bond motifs is 2. The lowest BCUT2D eigenvalue weighted by Crippen LogP contribution is -2.14. The van der Waals surface area contributed by atoms with E-state index in [1.807, 2.05) is 12.1 Å². The van der Waals surface area contributed by atoms with Crippen LogP contribution in [0.2, 0.25) is 5.02 Å². The third-order valence-electron chi connectivity index (χ3n) is 3.70. The van der Waals surface area contributed by atoms with E-state index < -0.39 is 18.0 Å². The summed E-state index contributed by atoms with van der Waals surface area (Å²) in [5.41, 5.74) is 9.34. The predicted octanol–water partition coefficient (Wildman–Crippen LogP) is 2.55. The molecule has 0 amide bonds. The second-order valence-corrected chi connectivity index (χ2v) is 5.90. The molecule has 2 aromatic rings. The van der Waals surface area contributed by atoms with Gasteiger partial charge in [0.2, 0.25) is 0 Å². The van der Waals surface area contributed by atoms with Gasteiger partial charge in [-0.1, -0.05) is 11.6 Å². The molecule has 0 bridgehead atoms. The molecule has 0 saturated carbocycles. The third kappa shape index (κ3) is 4.68. The number of aromatic nitrogens is 1. The van der Waals surface area contributed by atoms with E-state index >= 15 is 0 Å². The van der Waals surface area contributed by atoms with Crippen LogP contribution in [0.25, 0.3) is 10.9 Å². The van der Waals surface area contributed by atoms with E-state index in [-0.39, 0.29) is 0 Å². The van der Waals surface area contributed by atoms with Crippen LogP contribution >= 0.6 is 11.6 Å². The number of nitrogens with zero attached hydrogens (tertiary/aromatic N) is 1. The number of halogens is 1. The minimum absolute atomic E-state index is 0.491. The lowest BCUT2D eigenvalue weighted by Gasteiger charge is -2.23. The lowest BCUT2D eigenvalue weighted by molar-refractivity contribution is -0.134. The molecule has 1 aromatic heterocycles. The van der Waals surface area contributed by atoms with E-state index in [0.29, 0.717) is 22.9 Å². The molecular formula is C17H17ClN2O5. The molecule has 0 spiro atoms. The van der Waals surface area contributed by atoms with Crippen LogP contribution in [0.5, 0.6) is 0 Å². The van der Waals surface area contributed by atoms with Gasteiger partial charge in [-0.25, -0.2) is 9.59 Å². The zero-order chi connectivity index (χ0) is 18.6. The summed E-state index contributed by atoms with van der Waals surface area (Å²) in [6, 6.07) is 5.48. The molecule has 0 radical (unpaired) electrons. The van der Waals surface area contributed by atoms with Crippen molar-refractivity contribution in [3.8, 4) is 0 Å². The monoisotopic (exact) mass is 364 g/mol. The fraction of sp³-hybridized carbons (Fsp3) is 0.235. The first kappa shape index (κ1) is 18.7. The van der Waals surface area contributed by atoms with Gasteiger partial charge in [0.25, 0.3) is 0 Å². The molecule has 8 heteroatoms. The number of aliphatic carboxylic acids is 2. The Balaban J connectivity index is 0.000000242. The van der Waals surface area contributed by atoms with Crippen molar-refractivity contribution in [1.82, 2.24) is 4.98 Å². The average Bonchev–Trinajstić information content (AvgIpc) is 2.54. The number of hydrogen-bond donors (Lipinski definition) is 4. The molecule has 1 aromatic carbocycles. The highest BCUT2D eigenvalue weighted by Crippen LogP contribution is 2.37. The Morgan fingerprint density at radius 3 is 2.48 bits per heavy atom. The molecule has 5 N–H and O–H groups in total. The zero-order valence-electron chi connectivity index (χ0n) is 13.1. The van der Waals surface area contributed by atoms with Gasteiger partial charge in [-0.15, -0.1) is 0 Å². The topological polar surface area (TPSA) is 134 Å². The molecule has 0 saturated heterocycles. The molecule has 1 atom stereocenters. The van der Waals surface area contributed by atoms with Gasteiger partial charge in [-0.05, 0) is 37.5 Å². The van der Waals surface area contributed by atoms with E-state index in [2.05, 4.69) is 4.98 Å². The van der Waals surface area contributed by atoms with Crippen LogP contribution in [0.15, 0.2) is 30.4 Å². The number of aliphatic hydroxyl groups is 1. The van der Waals surface area contributed by atoms with Crippen LogP contribution < -0.4 is 5.73 Å². The first-order valence-electron chi connectivity index (χ1n) is 7.49. The number of rotatable bonds is 2. The summed E-state index contributed by atoms with van der Waals surface area (Å²) in [7, 11) is 0. The normalized spacial score (nSPS) is 16.2. The molecule has 0 aliphatic heterocycles. The number of aryl methyl sites for hydroxylation is 1. The molecule has 1 aliphatic carbocycles. The number of carboxylic acid groups (broad SMARTS) is 2. The van der Waals surface area contributed by atoms with E-state index in [1.165, 1.54) is 0 Å². The number of hydrogen-bond acceptors (Lipinski definition) is 5. The number of benzene rings is 1. The number of nitrogens with two attached hydrogens (primary N) is 1. The standard InChI is InChI=1S/C13H13ClN2O.C4H4O4/c14-7-4-5-9-8(6-7)13(15)12-10(16-9)2-1-3-11(12)17;5-3(6)1-2-4(7)8/h4-6,11,17H,1-3H2,(H2,15,16);1-2H,(H,5,6)(H,7,8). The number of carbonyl (C=O) groups is 2. The van der Waals surface area contributed by atoms with E-state index in [0.717, 1.165) is 41.4 Å². The molecule has 132 valence electrons. The zero-order valence-corrected chi connectivity index (χ0v) is 13.9. The Morgan fingerprint density at radius 2 is 1.88 bits per heavy atom. The van der Waals surface area contributed by atoms with Crippen molar-refractivity contribution in [1.29, 1.82) is 0 Å². The summed E-state index contributed by atoms with van der Waals surface area (Å²) >= 11 is 5.96. The largest absolute Gasteiger partial charge is 0.478 e. The summed E-state index contributed by atoms with van der Waals surface area (Å²) in [5.74, 6) is -2.51. The Hall–Kier alpha value is -2.64. The minimum Gasteiger partial charge on any atom is -0.478 e. The van der Waals surface area contributed by atoms with Crippen LogP contribution in [-0.4, -0.2) is 32.2 Å². The lowest BCUT2D eigenvalue weighted by atomic mass is 9.90. The molecule has 0 fully saturated rings. The molecule has 3 rings (SSSR count). The minimum atomic E-state index is -1.26.